The van der Waals surface area contributed by atoms with Gasteiger partial charge >= 0.3 is 5.97 Å². The van der Waals surface area contributed by atoms with Crippen LogP contribution in [0, 0.1) is 3.57 Å². The second kappa shape index (κ2) is 13.3. The van der Waals surface area contributed by atoms with Crippen LogP contribution in [0.25, 0.3) is 11.8 Å². The fraction of sp³-hybridized carbons (Fsp3) is 0.265. The van der Waals surface area contributed by atoms with Crippen LogP contribution >= 0.6 is 49.9 Å². The lowest BCUT2D eigenvalue weighted by atomic mass is 9.91. The van der Waals surface area contributed by atoms with Crippen LogP contribution in [0.3, 0.4) is 0 Å². The number of carbonyl (C=O) groups excluding carboxylic acids is 1. The predicted molar refractivity (Wildman–Crippen MR) is 184 cm³/mol. The predicted octanol–water partition coefficient (Wildman–Crippen LogP) is 7.21. The first kappa shape index (κ1) is 31.4. The Balaban J connectivity index is 1.82. The normalized spacial score (nSPS) is 15.1. The maximum atomic E-state index is 14.3. The molecule has 6 nitrogen and oxygen atoms in total. The minimum Gasteiger partial charge on any atom is -0.489 e. The molecule has 222 valence electrons. The first-order chi connectivity index (χ1) is 20.6. The molecule has 3 aromatic carbocycles. The Morgan fingerprint density at radius 3 is 2.42 bits per heavy atom. The Morgan fingerprint density at radius 1 is 1.09 bits per heavy atom. The molecule has 1 aromatic heterocycles. The van der Waals surface area contributed by atoms with Crippen molar-refractivity contribution in [3.8, 4) is 5.75 Å². The summed E-state index contributed by atoms with van der Waals surface area (Å²) in [5.41, 5.74) is 4.15. The number of carbonyl (C=O) groups is 1. The molecule has 0 N–H and O–H groups in total. The number of rotatable bonds is 8. The lowest BCUT2D eigenvalue weighted by molar-refractivity contribution is -0.138. The average Bonchev–Trinajstić information content (AvgIpc) is 3.28. The third-order valence-electron chi connectivity index (χ3n) is 6.97. The Hall–Kier alpha value is -3.02. The molecule has 1 aliphatic heterocycles. The maximum absolute atomic E-state index is 14.3. The zero-order valence-corrected chi connectivity index (χ0v) is 29.1. The van der Waals surface area contributed by atoms with Crippen molar-refractivity contribution in [2.75, 3.05) is 6.61 Å². The molecule has 0 saturated heterocycles. The monoisotopic (exact) mass is 770 g/mol. The second-order valence-electron chi connectivity index (χ2n) is 10.7. The van der Waals surface area contributed by atoms with Crippen LogP contribution in [-0.4, -0.2) is 23.2 Å². The summed E-state index contributed by atoms with van der Waals surface area (Å²) >= 11 is 7.14. The van der Waals surface area contributed by atoms with Gasteiger partial charge in [-0.2, -0.15) is 0 Å². The molecular weight excluding hydrogens is 739 g/mol. The van der Waals surface area contributed by atoms with Gasteiger partial charge in [-0.1, -0.05) is 95.7 Å². The number of aromatic nitrogens is 1. The second-order valence-corrected chi connectivity index (χ2v) is 13.8. The van der Waals surface area contributed by atoms with Crippen LogP contribution < -0.4 is 19.6 Å². The summed E-state index contributed by atoms with van der Waals surface area (Å²) < 4.78 is 15.7. The van der Waals surface area contributed by atoms with Crippen LogP contribution in [0.2, 0.25) is 0 Å². The molecular formula is C34H32BrIN2O4S. The Morgan fingerprint density at radius 2 is 1.79 bits per heavy atom. The smallest absolute Gasteiger partial charge is 0.338 e. The van der Waals surface area contributed by atoms with Gasteiger partial charge in [-0.15, -0.1) is 0 Å². The topological polar surface area (TPSA) is 69.9 Å². The van der Waals surface area contributed by atoms with Crippen molar-refractivity contribution in [3.63, 3.8) is 0 Å². The van der Waals surface area contributed by atoms with E-state index in [2.05, 4.69) is 64.5 Å². The molecule has 9 heteroatoms. The molecule has 0 radical (unpaired) electrons. The highest BCUT2D eigenvalue weighted by atomic mass is 127. The van der Waals surface area contributed by atoms with Gasteiger partial charge in [-0.3, -0.25) is 9.36 Å². The van der Waals surface area contributed by atoms with Crippen molar-refractivity contribution in [1.82, 2.24) is 4.57 Å². The summed E-state index contributed by atoms with van der Waals surface area (Å²) in [5.74, 6) is 0.556. The molecule has 0 fully saturated rings. The number of hydrogen-bond acceptors (Lipinski definition) is 6. The number of esters is 1. The van der Waals surface area contributed by atoms with E-state index in [0.717, 1.165) is 24.7 Å². The van der Waals surface area contributed by atoms with E-state index >= 15 is 0 Å². The van der Waals surface area contributed by atoms with Crippen LogP contribution in [0.5, 0.6) is 5.75 Å². The van der Waals surface area contributed by atoms with Crippen molar-refractivity contribution in [2.24, 2.45) is 4.99 Å². The summed E-state index contributed by atoms with van der Waals surface area (Å²) in [4.78, 5) is 33.5. The number of ether oxygens (including phenoxy) is 2. The van der Waals surface area contributed by atoms with Crippen molar-refractivity contribution in [2.45, 2.75) is 52.7 Å². The Bertz CT molecular complexity index is 1880. The number of benzene rings is 3. The molecule has 0 spiro atoms. The third-order valence-corrected chi connectivity index (χ3v) is 9.21. The average molecular weight is 772 g/mol. The van der Waals surface area contributed by atoms with Crippen molar-refractivity contribution in [3.05, 3.63) is 122 Å². The van der Waals surface area contributed by atoms with Crippen LogP contribution in [0.4, 0.5) is 0 Å². The standard InChI is InChI=1S/C34H32BrIN2O4S/c1-6-41-33(40)28-29(22-10-8-7-9-11-22)37-34-38(30(28)23-14-12-21(13-15-23)19(2)3)32(39)27(43-34)17-24-16-25(35)18-26(36)31(24)42-20(4)5/h7-20,30H,6H2,1-5H3/b27-17-/t30-/m1/s1. The fourth-order valence-electron chi connectivity index (χ4n) is 5.01. The van der Waals surface area contributed by atoms with Gasteiger partial charge in [0.1, 0.15) is 5.75 Å². The zero-order chi connectivity index (χ0) is 30.8. The maximum Gasteiger partial charge on any atom is 0.338 e. The fourth-order valence-corrected chi connectivity index (χ4v) is 7.68. The van der Waals surface area contributed by atoms with E-state index in [1.54, 1.807) is 11.5 Å². The SMILES string of the molecule is CCOC(=O)C1=C(c2ccccc2)N=c2s/c(=C\c3cc(Br)cc(I)c3OC(C)C)c(=O)n2[C@@H]1c1ccc(C(C)C)cc1. The number of halogens is 2. The molecule has 43 heavy (non-hydrogen) atoms. The van der Waals surface area contributed by atoms with E-state index in [9.17, 15) is 9.59 Å². The summed E-state index contributed by atoms with van der Waals surface area (Å²) in [6, 6.07) is 20.9. The molecule has 4 aromatic rings. The van der Waals surface area contributed by atoms with Crippen LogP contribution in [-0.2, 0) is 9.53 Å². The largest absolute Gasteiger partial charge is 0.489 e. The summed E-state index contributed by atoms with van der Waals surface area (Å²) in [5, 5.41) is 0. The quantitative estimate of drug-likeness (QED) is 0.140. The van der Waals surface area contributed by atoms with Gasteiger partial charge in [-0.25, -0.2) is 9.79 Å². The lowest BCUT2D eigenvalue weighted by Gasteiger charge is -2.26. The molecule has 1 atom stereocenters. The highest BCUT2D eigenvalue weighted by Gasteiger charge is 2.35. The highest BCUT2D eigenvalue weighted by Crippen LogP contribution is 2.36. The van der Waals surface area contributed by atoms with Crippen molar-refractivity contribution >= 4 is 67.6 Å². The molecule has 0 bridgehead atoms. The van der Waals surface area contributed by atoms with Crippen molar-refractivity contribution in [1.29, 1.82) is 0 Å². The van der Waals surface area contributed by atoms with Crippen LogP contribution in [0.15, 0.2) is 86.6 Å². The first-order valence-electron chi connectivity index (χ1n) is 14.1. The third kappa shape index (κ3) is 6.58. The lowest BCUT2D eigenvalue weighted by Crippen LogP contribution is -2.40. The van der Waals surface area contributed by atoms with Crippen molar-refractivity contribution < 1.29 is 14.3 Å². The van der Waals surface area contributed by atoms with Gasteiger partial charge in [-0.05, 0) is 78.6 Å². The summed E-state index contributed by atoms with van der Waals surface area (Å²) in [6.07, 6.45) is 1.81. The van der Waals surface area contributed by atoms with Crippen LogP contribution in [0.1, 0.15) is 68.8 Å². The zero-order valence-electron chi connectivity index (χ0n) is 24.6. The van der Waals surface area contributed by atoms with E-state index in [0.29, 0.717) is 32.3 Å². The van der Waals surface area contributed by atoms with Gasteiger partial charge < -0.3 is 9.47 Å². The van der Waals surface area contributed by atoms with Gasteiger partial charge in [0, 0.05) is 15.6 Å². The summed E-state index contributed by atoms with van der Waals surface area (Å²) in [7, 11) is 0. The number of hydrogen-bond donors (Lipinski definition) is 0. The summed E-state index contributed by atoms with van der Waals surface area (Å²) in [6.45, 7) is 10.2. The molecule has 0 aliphatic carbocycles. The number of thiazole rings is 1. The highest BCUT2D eigenvalue weighted by molar-refractivity contribution is 14.1. The van der Waals surface area contributed by atoms with Gasteiger partial charge in [0.15, 0.2) is 4.80 Å². The molecule has 5 rings (SSSR count). The van der Waals surface area contributed by atoms with E-state index in [-0.39, 0.29) is 18.3 Å². The van der Waals surface area contributed by atoms with E-state index in [1.165, 1.54) is 16.9 Å². The van der Waals surface area contributed by atoms with Gasteiger partial charge in [0.2, 0.25) is 0 Å². The molecule has 0 unspecified atom stereocenters. The Labute approximate surface area is 277 Å². The van der Waals surface area contributed by atoms with E-state index < -0.39 is 12.0 Å². The minimum absolute atomic E-state index is 0.0440. The van der Waals surface area contributed by atoms with Gasteiger partial charge in [0.05, 0.1) is 38.1 Å². The van der Waals surface area contributed by atoms with E-state index in [1.807, 2.05) is 74.5 Å². The molecule has 0 saturated carbocycles. The molecule has 0 amide bonds. The Kier molecular flexibility index (Phi) is 9.73. The number of fused-ring (bicyclic) bond motifs is 1. The number of nitrogens with zero attached hydrogens (tertiary/aromatic N) is 2. The van der Waals surface area contributed by atoms with E-state index in [4.69, 9.17) is 14.5 Å². The molecule has 2 heterocycles. The van der Waals surface area contributed by atoms with Gasteiger partial charge in [0.25, 0.3) is 5.56 Å². The molecule has 1 aliphatic rings. The first-order valence-corrected chi connectivity index (χ1v) is 16.8. The minimum atomic E-state index is -0.720.